The second-order valence-electron chi connectivity index (χ2n) is 8.21. The largest absolute Gasteiger partial charge is 0.493 e. The van der Waals surface area contributed by atoms with Gasteiger partial charge in [-0.25, -0.2) is 14.6 Å². The molecule has 190 valence electrons. The Labute approximate surface area is 208 Å². The topological polar surface area (TPSA) is 125 Å². The van der Waals surface area contributed by atoms with Gasteiger partial charge in [-0.3, -0.25) is 10.1 Å². The second-order valence-corrected chi connectivity index (χ2v) is 8.21. The van der Waals surface area contributed by atoms with Crippen LogP contribution in [-0.2, 0) is 9.53 Å². The first kappa shape index (κ1) is 26.3. The molecule has 0 radical (unpaired) electrons. The van der Waals surface area contributed by atoms with Crippen LogP contribution in [0.4, 0.5) is 4.79 Å². The number of aromatic nitrogens is 1. The summed E-state index contributed by atoms with van der Waals surface area (Å²) in [5, 5.41) is 5.24. The molecule has 10 nitrogen and oxygen atoms in total. The fraction of sp³-hybridized carbons (Fsp3) is 0.308. The third-order valence-corrected chi connectivity index (χ3v) is 5.15. The molecule has 2 aromatic carbocycles. The van der Waals surface area contributed by atoms with Gasteiger partial charge in [-0.15, -0.1) is 0 Å². The minimum absolute atomic E-state index is 0.210. The Morgan fingerprint density at radius 2 is 1.61 bits per heavy atom. The zero-order chi connectivity index (χ0) is 26.2. The maximum absolute atomic E-state index is 13.0. The molecule has 0 saturated carbocycles. The van der Waals surface area contributed by atoms with Crippen LogP contribution in [0, 0.1) is 5.92 Å². The molecule has 1 aromatic heterocycles. The number of carbonyl (C=O) groups is 3. The number of methoxy groups -OCH3 is 3. The van der Waals surface area contributed by atoms with Gasteiger partial charge in [-0.1, -0.05) is 32.0 Å². The summed E-state index contributed by atoms with van der Waals surface area (Å²) in [6.45, 7) is 3.64. The average molecular weight is 496 g/mol. The molecule has 3 rings (SSSR count). The van der Waals surface area contributed by atoms with Crippen LogP contribution in [0.15, 0.2) is 42.5 Å². The number of nitrogens with zero attached hydrogens (tertiary/aromatic N) is 1. The van der Waals surface area contributed by atoms with E-state index in [2.05, 4.69) is 15.6 Å². The molecular formula is C26H29N3O7. The Morgan fingerprint density at radius 1 is 0.944 bits per heavy atom. The lowest BCUT2D eigenvalue weighted by molar-refractivity contribution is -0.123. The number of urea groups is 1. The molecule has 0 aliphatic heterocycles. The Hall–Kier alpha value is -4.34. The molecule has 0 atom stereocenters. The van der Waals surface area contributed by atoms with E-state index >= 15 is 0 Å². The predicted molar refractivity (Wildman–Crippen MR) is 133 cm³/mol. The van der Waals surface area contributed by atoms with Gasteiger partial charge in [0.05, 0.1) is 38.1 Å². The van der Waals surface area contributed by atoms with Crippen molar-refractivity contribution in [1.29, 1.82) is 0 Å². The number of ether oxygens (including phenoxy) is 4. The maximum atomic E-state index is 13.0. The molecule has 0 saturated heterocycles. The van der Waals surface area contributed by atoms with Gasteiger partial charge in [0.15, 0.2) is 18.1 Å². The predicted octanol–water partition coefficient (Wildman–Crippen LogP) is 3.57. The van der Waals surface area contributed by atoms with E-state index in [4.69, 9.17) is 18.9 Å². The molecule has 0 fully saturated rings. The number of imide groups is 1. The van der Waals surface area contributed by atoms with E-state index in [-0.39, 0.29) is 11.5 Å². The number of para-hydroxylation sites is 1. The van der Waals surface area contributed by atoms with Gasteiger partial charge in [0.25, 0.3) is 5.91 Å². The van der Waals surface area contributed by atoms with Crippen LogP contribution in [0.3, 0.4) is 0 Å². The van der Waals surface area contributed by atoms with Gasteiger partial charge in [-0.2, -0.15) is 0 Å². The van der Waals surface area contributed by atoms with Crippen molar-refractivity contribution in [3.63, 3.8) is 0 Å². The van der Waals surface area contributed by atoms with Gasteiger partial charge in [-0.05, 0) is 30.2 Å². The molecule has 36 heavy (non-hydrogen) atoms. The zero-order valence-electron chi connectivity index (χ0n) is 20.8. The Bertz CT molecular complexity index is 1250. The maximum Gasteiger partial charge on any atom is 0.339 e. The fourth-order valence-corrected chi connectivity index (χ4v) is 3.43. The number of nitrogens with one attached hydrogen (secondary N) is 2. The SMILES string of the molecule is COc1cc(-c2cc(C(=O)OCC(=O)NC(=O)NCC(C)C)c3ccccc3n2)cc(OC)c1OC. The molecule has 0 aliphatic rings. The van der Waals surface area contributed by atoms with Crippen LogP contribution in [0.5, 0.6) is 17.2 Å². The van der Waals surface area contributed by atoms with Crippen molar-refractivity contribution < 1.29 is 33.3 Å². The first-order valence-electron chi connectivity index (χ1n) is 11.2. The van der Waals surface area contributed by atoms with Gasteiger partial charge in [0, 0.05) is 17.5 Å². The third-order valence-electron chi connectivity index (χ3n) is 5.15. The minimum atomic E-state index is -0.743. The Morgan fingerprint density at radius 3 is 2.22 bits per heavy atom. The van der Waals surface area contributed by atoms with Crippen LogP contribution < -0.4 is 24.8 Å². The van der Waals surface area contributed by atoms with Crippen molar-refractivity contribution in [2.24, 2.45) is 5.92 Å². The minimum Gasteiger partial charge on any atom is -0.493 e. The molecule has 0 spiro atoms. The second kappa shape index (κ2) is 11.9. The lowest BCUT2D eigenvalue weighted by Crippen LogP contribution is -2.42. The van der Waals surface area contributed by atoms with Crippen LogP contribution in [0.25, 0.3) is 22.2 Å². The van der Waals surface area contributed by atoms with Crippen molar-refractivity contribution in [2.45, 2.75) is 13.8 Å². The number of carbonyl (C=O) groups excluding carboxylic acids is 3. The molecule has 1 heterocycles. The zero-order valence-corrected chi connectivity index (χ0v) is 20.8. The summed E-state index contributed by atoms with van der Waals surface area (Å²) < 4.78 is 21.5. The smallest absolute Gasteiger partial charge is 0.339 e. The monoisotopic (exact) mass is 495 g/mol. The number of fused-ring (bicyclic) bond motifs is 1. The van der Waals surface area contributed by atoms with Crippen molar-refractivity contribution >= 4 is 28.8 Å². The number of hydrogen-bond donors (Lipinski definition) is 2. The molecule has 0 aliphatic carbocycles. The summed E-state index contributed by atoms with van der Waals surface area (Å²) in [4.78, 5) is 41.5. The van der Waals surface area contributed by atoms with Gasteiger partial charge >= 0.3 is 12.0 Å². The quantitative estimate of drug-likeness (QED) is 0.432. The molecule has 0 bridgehead atoms. The van der Waals surface area contributed by atoms with Crippen molar-refractivity contribution in [3.8, 4) is 28.5 Å². The first-order chi connectivity index (χ1) is 17.3. The summed E-state index contributed by atoms with van der Waals surface area (Å²) >= 11 is 0. The molecule has 3 amide bonds. The van der Waals surface area contributed by atoms with Crippen LogP contribution >= 0.6 is 0 Å². The number of pyridine rings is 1. The van der Waals surface area contributed by atoms with E-state index in [0.29, 0.717) is 46.0 Å². The molecular weight excluding hydrogens is 466 g/mol. The van der Waals surface area contributed by atoms with Crippen LogP contribution in [-0.4, -0.2) is 57.4 Å². The molecule has 10 heteroatoms. The number of hydrogen-bond acceptors (Lipinski definition) is 8. The molecule has 2 N–H and O–H groups in total. The van der Waals surface area contributed by atoms with Gasteiger partial charge in [0.1, 0.15) is 0 Å². The summed E-state index contributed by atoms with van der Waals surface area (Å²) in [6, 6.07) is 11.4. The van der Waals surface area contributed by atoms with Crippen LogP contribution in [0.2, 0.25) is 0 Å². The van der Waals surface area contributed by atoms with Crippen molar-refractivity contribution in [3.05, 3.63) is 48.0 Å². The normalized spacial score (nSPS) is 10.6. The standard InChI is InChI=1S/C26H29N3O7/c1-15(2)13-27-26(32)29-23(30)14-36-25(31)18-12-20(28-19-9-7-6-8-17(18)19)16-10-21(33-3)24(35-5)22(11-16)34-4/h6-12,15H,13-14H2,1-5H3,(H2,27,29,30,32). The Balaban J connectivity index is 1.89. The van der Waals surface area contributed by atoms with E-state index in [0.717, 1.165) is 0 Å². The Kier molecular flexibility index (Phi) is 8.66. The lowest BCUT2D eigenvalue weighted by atomic mass is 10.0. The van der Waals surface area contributed by atoms with E-state index in [1.165, 1.54) is 21.3 Å². The van der Waals surface area contributed by atoms with E-state index < -0.39 is 24.5 Å². The average Bonchev–Trinajstić information content (AvgIpc) is 2.88. The number of rotatable bonds is 9. The van der Waals surface area contributed by atoms with E-state index in [1.54, 1.807) is 42.5 Å². The highest BCUT2D eigenvalue weighted by atomic mass is 16.5. The summed E-state index contributed by atoms with van der Waals surface area (Å²) in [5.74, 6) is 0.0284. The molecule has 0 unspecified atom stereocenters. The lowest BCUT2D eigenvalue weighted by Gasteiger charge is -2.15. The highest BCUT2D eigenvalue weighted by molar-refractivity contribution is 6.05. The highest BCUT2D eigenvalue weighted by Gasteiger charge is 2.20. The van der Waals surface area contributed by atoms with E-state index in [1.807, 2.05) is 13.8 Å². The number of esters is 1. The van der Waals surface area contributed by atoms with Crippen molar-refractivity contribution in [2.75, 3.05) is 34.5 Å². The van der Waals surface area contributed by atoms with Crippen molar-refractivity contribution in [1.82, 2.24) is 15.6 Å². The van der Waals surface area contributed by atoms with Gasteiger partial charge < -0.3 is 24.3 Å². The van der Waals surface area contributed by atoms with Gasteiger partial charge in [0.2, 0.25) is 5.75 Å². The fourth-order valence-electron chi connectivity index (χ4n) is 3.43. The number of amides is 3. The summed E-state index contributed by atoms with van der Waals surface area (Å²) in [5.41, 5.74) is 1.83. The molecule has 3 aromatic rings. The van der Waals surface area contributed by atoms with E-state index in [9.17, 15) is 14.4 Å². The van der Waals surface area contributed by atoms with Crippen LogP contribution in [0.1, 0.15) is 24.2 Å². The first-order valence-corrected chi connectivity index (χ1v) is 11.2. The number of benzene rings is 2. The summed E-state index contributed by atoms with van der Waals surface area (Å²) in [6.07, 6.45) is 0. The third kappa shape index (κ3) is 6.21. The summed E-state index contributed by atoms with van der Waals surface area (Å²) in [7, 11) is 4.52. The highest BCUT2D eigenvalue weighted by Crippen LogP contribution is 2.41.